The van der Waals surface area contributed by atoms with Crippen molar-refractivity contribution < 1.29 is 33.4 Å². The van der Waals surface area contributed by atoms with E-state index < -0.39 is 20.7 Å². The molecule has 0 bridgehead atoms. The van der Waals surface area contributed by atoms with Crippen LogP contribution in [0.4, 0.5) is 5.69 Å². The van der Waals surface area contributed by atoms with Gasteiger partial charge in [0.05, 0.1) is 11.1 Å². The summed E-state index contributed by atoms with van der Waals surface area (Å²) in [6.07, 6.45) is 4.11. The van der Waals surface area contributed by atoms with E-state index in [1.165, 1.54) is 12.1 Å². The van der Waals surface area contributed by atoms with Crippen LogP contribution in [-0.4, -0.2) is 31.7 Å². The molecule has 1 aromatic carbocycles. The van der Waals surface area contributed by atoms with Gasteiger partial charge in [0.2, 0.25) is 5.52 Å². The molecule has 0 saturated carbocycles. The van der Waals surface area contributed by atoms with Gasteiger partial charge in [-0.2, -0.15) is 0 Å². The van der Waals surface area contributed by atoms with Crippen molar-refractivity contribution in [2.75, 3.05) is 11.9 Å². The van der Waals surface area contributed by atoms with Gasteiger partial charge in [-0.25, -0.2) is 0 Å². The minimum atomic E-state index is -5.05. The van der Waals surface area contributed by atoms with Crippen molar-refractivity contribution in [3.8, 4) is 5.75 Å². The van der Waals surface area contributed by atoms with E-state index >= 15 is 0 Å². The lowest BCUT2D eigenvalue weighted by Crippen LogP contribution is -2.19. The van der Waals surface area contributed by atoms with Gasteiger partial charge in [0.1, 0.15) is 5.75 Å². The third-order valence-corrected chi connectivity index (χ3v) is 7.11. The highest BCUT2D eigenvalue weighted by Crippen LogP contribution is 2.59. The smallest absolute Gasteiger partial charge is 0.360 e. The molecule has 0 aromatic heterocycles. The number of nitrogens with one attached hydrogen (secondary N) is 1. The summed E-state index contributed by atoms with van der Waals surface area (Å²) in [5.41, 5.74) is -2.16. The average Bonchev–Trinajstić information content (AvgIpc) is 2.44. The van der Waals surface area contributed by atoms with Gasteiger partial charge in [-0.3, -0.25) is 9.13 Å². The Morgan fingerprint density at radius 3 is 2.29 bits per heavy atom. The molecule has 8 nitrogen and oxygen atoms in total. The van der Waals surface area contributed by atoms with Crippen LogP contribution >= 0.6 is 31.1 Å². The molecule has 5 N–H and O–H groups in total. The molecule has 1 rings (SSSR count). The van der Waals surface area contributed by atoms with E-state index in [1.807, 2.05) is 0 Å². The first-order valence-corrected chi connectivity index (χ1v) is 11.5. The normalized spacial score (nSPS) is 12.5. The fraction of sp³-hybridized carbons (Fsp3) is 0.538. The predicted molar refractivity (Wildman–Crippen MR) is 95.3 cm³/mol. The largest absolute Gasteiger partial charge is 0.492 e. The van der Waals surface area contributed by atoms with Gasteiger partial charge < -0.3 is 29.6 Å². The van der Waals surface area contributed by atoms with Crippen molar-refractivity contribution in [3.63, 3.8) is 0 Å². The average molecular weight is 446 g/mol. The predicted octanol–water partition coefficient (Wildman–Crippen LogP) is 3.46. The number of halogens is 1. The lowest BCUT2D eigenvalue weighted by Gasteiger charge is -2.22. The summed E-state index contributed by atoms with van der Waals surface area (Å²) < 4.78 is 28.8. The quantitative estimate of drug-likeness (QED) is 0.272. The first kappa shape index (κ1) is 21.6. The summed E-state index contributed by atoms with van der Waals surface area (Å²) in [5.74, 6) is 0.423. The molecule has 138 valence electrons. The van der Waals surface area contributed by atoms with Crippen molar-refractivity contribution in [1.82, 2.24) is 0 Å². The van der Waals surface area contributed by atoms with Crippen LogP contribution in [0.25, 0.3) is 0 Å². The highest BCUT2D eigenvalue weighted by molar-refractivity contribution is 9.10. The van der Waals surface area contributed by atoms with E-state index in [-0.39, 0.29) is 5.69 Å². The van der Waals surface area contributed by atoms with Gasteiger partial charge in [-0.05, 0) is 34.5 Å². The maximum atomic E-state index is 11.3. The first-order valence-electron chi connectivity index (χ1n) is 7.35. The molecule has 1 aromatic rings. The Morgan fingerprint density at radius 1 is 1.12 bits per heavy atom. The van der Waals surface area contributed by atoms with Crippen molar-refractivity contribution in [2.45, 2.75) is 38.1 Å². The first-order chi connectivity index (χ1) is 11.1. The molecule has 0 spiro atoms. The summed E-state index contributed by atoms with van der Waals surface area (Å²) in [6, 6.07) is 4.44. The molecule has 0 unspecified atom stereocenters. The number of hydrogen-bond donors (Lipinski definition) is 5. The standard InChI is InChI=1S/C13H22BrNO7P2/c1-2-3-4-5-8-22-12-9-10(6-7-11(12)14)15-13(23(16,17)18)24(19,20)21/h6-7,9,13,15H,2-5,8H2,1H3,(H2,16,17,18)(H2,19,20,21). The molecule has 0 fully saturated rings. The Balaban J connectivity index is 2.84. The Bertz CT molecular complexity index is 609. The fourth-order valence-corrected chi connectivity index (χ4v) is 4.49. The van der Waals surface area contributed by atoms with Crippen LogP contribution in [0.1, 0.15) is 32.6 Å². The zero-order valence-corrected chi connectivity index (χ0v) is 16.5. The van der Waals surface area contributed by atoms with E-state index in [1.54, 1.807) is 6.07 Å². The number of unbranched alkanes of at least 4 members (excludes halogenated alkanes) is 3. The molecular formula is C13H22BrNO7P2. The monoisotopic (exact) mass is 445 g/mol. The molecule has 0 aliphatic rings. The van der Waals surface area contributed by atoms with Crippen molar-refractivity contribution in [2.24, 2.45) is 0 Å². The van der Waals surface area contributed by atoms with Crippen LogP contribution in [0, 0.1) is 0 Å². The Kier molecular flexibility index (Phi) is 8.42. The molecule has 0 saturated heterocycles. The summed E-state index contributed by atoms with van der Waals surface area (Å²) in [5, 5.41) is 2.21. The maximum Gasteiger partial charge on any atom is 0.360 e. The Hall–Kier alpha value is -0.400. The SMILES string of the molecule is CCCCCCOc1cc(NC(P(=O)(O)O)P(=O)(O)O)ccc1Br. The number of rotatable bonds is 10. The molecule has 0 aliphatic carbocycles. The molecular weight excluding hydrogens is 424 g/mol. The molecule has 24 heavy (non-hydrogen) atoms. The molecule has 0 atom stereocenters. The molecule has 0 heterocycles. The van der Waals surface area contributed by atoms with E-state index in [2.05, 4.69) is 28.2 Å². The number of anilines is 1. The third-order valence-electron chi connectivity index (χ3n) is 3.12. The highest BCUT2D eigenvalue weighted by atomic mass is 79.9. The molecule has 0 aliphatic heterocycles. The number of hydrogen-bond acceptors (Lipinski definition) is 4. The second kappa shape index (κ2) is 9.34. The van der Waals surface area contributed by atoms with Gasteiger partial charge in [-0.15, -0.1) is 0 Å². The van der Waals surface area contributed by atoms with Gasteiger partial charge >= 0.3 is 15.2 Å². The molecule has 11 heteroatoms. The van der Waals surface area contributed by atoms with Crippen LogP contribution in [0.3, 0.4) is 0 Å². The lowest BCUT2D eigenvalue weighted by molar-refractivity contribution is 0.303. The lowest BCUT2D eigenvalue weighted by atomic mass is 10.2. The second-order valence-electron chi connectivity index (χ2n) is 5.25. The van der Waals surface area contributed by atoms with Gasteiger partial charge in [0, 0.05) is 11.8 Å². The van der Waals surface area contributed by atoms with Crippen LogP contribution in [0.5, 0.6) is 5.75 Å². The summed E-state index contributed by atoms with van der Waals surface area (Å²) in [7, 11) is -10.1. The van der Waals surface area contributed by atoms with Crippen LogP contribution in [-0.2, 0) is 9.13 Å². The van der Waals surface area contributed by atoms with Crippen LogP contribution in [0.15, 0.2) is 22.7 Å². The van der Waals surface area contributed by atoms with Crippen molar-refractivity contribution in [1.29, 1.82) is 0 Å². The number of ether oxygens (including phenoxy) is 1. The minimum absolute atomic E-state index is 0.137. The molecule has 0 amide bonds. The second-order valence-corrected chi connectivity index (χ2v) is 9.90. The topological polar surface area (TPSA) is 136 Å². The van der Waals surface area contributed by atoms with E-state index in [0.29, 0.717) is 16.8 Å². The molecule has 0 radical (unpaired) electrons. The van der Waals surface area contributed by atoms with Crippen molar-refractivity contribution >= 4 is 36.8 Å². The highest BCUT2D eigenvalue weighted by Gasteiger charge is 2.43. The zero-order chi connectivity index (χ0) is 18.4. The van der Waals surface area contributed by atoms with Crippen LogP contribution < -0.4 is 10.1 Å². The zero-order valence-electron chi connectivity index (χ0n) is 13.1. The van der Waals surface area contributed by atoms with Gasteiger partial charge in [0.25, 0.3) is 0 Å². The minimum Gasteiger partial charge on any atom is -0.492 e. The van der Waals surface area contributed by atoms with Gasteiger partial charge in [0.15, 0.2) is 0 Å². The fourth-order valence-electron chi connectivity index (χ4n) is 1.93. The van der Waals surface area contributed by atoms with E-state index in [9.17, 15) is 9.13 Å². The Labute approximate surface area is 149 Å². The van der Waals surface area contributed by atoms with Crippen molar-refractivity contribution in [3.05, 3.63) is 22.7 Å². The summed E-state index contributed by atoms with van der Waals surface area (Å²) in [4.78, 5) is 36.6. The number of benzene rings is 1. The Morgan fingerprint density at radius 2 is 1.75 bits per heavy atom. The van der Waals surface area contributed by atoms with Gasteiger partial charge in [-0.1, -0.05) is 26.2 Å². The summed E-state index contributed by atoms with van der Waals surface area (Å²) in [6.45, 7) is 2.58. The van der Waals surface area contributed by atoms with E-state index in [0.717, 1.165) is 25.7 Å². The van der Waals surface area contributed by atoms with Crippen LogP contribution in [0.2, 0.25) is 0 Å². The third kappa shape index (κ3) is 7.23. The maximum absolute atomic E-state index is 11.3. The summed E-state index contributed by atoms with van der Waals surface area (Å²) >= 11 is 3.30. The van der Waals surface area contributed by atoms with E-state index in [4.69, 9.17) is 24.3 Å².